The summed E-state index contributed by atoms with van der Waals surface area (Å²) in [6.07, 6.45) is 0.0924. The van der Waals surface area contributed by atoms with Gasteiger partial charge in [-0.05, 0) is 52.3 Å². The number of likely N-dealkylation sites (tertiary alicyclic amines) is 1. The molecular weight excluding hydrogens is 650 g/mol. The van der Waals surface area contributed by atoms with Crippen LogP contribution in [0.2, 0.25) is 0 Å². The van der Waals surface area contributed by atoms with Crippen LogP contribution in [0.25, 0.3) is 10.4 Å². The van der Waals surface area contributed by atoms with Crippen molar-refractivity contribution in [3.63, 3.8) is 0 Å². The molecule has 1 amide bonds. The Labute approximate surface area is 301 Å². The summed E-state index contributed by atoms with van der Waals surface area (Å²) in [7, 11) is 3.41. The quantitative estimate of drug-likeness (QED) is 0.0603. The standard InChI is InChI=1S/C39H51N5O7/c1-29(24-47-3)25-48-26-31-10-13-33(14-11-31)38-34(21-41-42-40)22-44(39(45)51-27-30-8-5-4-6-9-30)23-37(38)50-28-32-12-15-36-35(20-32)43(17-19-49-36)16-7-18-46-2/h4-6,8-15,20,29,34,37-38H,7,16-19,21-28H2,1-3H3/t29-,34+,37-,38-/m0/s1. The maximum absolute atomic E-state index is 13.5. The Morgan fingerprint density at radius 2 is 1.75 bits per heavy atom. The van der Waals surface area contributed by atoms with Crippen LogP contribution >= 0.6 is 0 Å². The first-order valence-corrected chi connectivity index (χ1v) is 17.7. The van der Waals surface area contributed by atoms with Gasteiger partial charge >= 0.3 is 6.09 Å². The summed E-state index contributed by atoms with van der Waals surface area (Å²) in [4.78, 5) is 20.6. The third-order valence-corrected chi connectivity index (χ3v) is 9.32. The monoisotopic (exact) mass is 701 g/mol. The summed E-state index contributed by atoms with van der Waals surface area (Å²) in [5.41, 5.74) is 14.4. The van der Waals surface area contributed by atoms with E-state index in [1.807, 2.05) is 42.5 Å². The van der Waals surface area contributed by atoms with Gasteiger partial charge in [0.1, 0.15) is 19.0 Å². The van der Waals surface area contributed by atoms with Crippen LogP contribution in [0.15, 0.2) is 77.9 Å². The van der Waals surface area contributed by atoms with Crippen molar-refractivity contribution < 1.29 is 33.2 Å². The molecule has 0 unspecified atom stereocenters. The van der Waals surface area contributed by atoms with Crippen LogP contribution in [0.3, 0.4) is 0 Å². The van der Waals surface area contributed by atoms with Crippen LogP contribution < -0.4 is 9.64 Å². The van der Waals surface area contributed by atoms with Crippen LogP contribution in [-0.4, -0.2) is 90.5 Å². The SMILES string of the molecule is COCCCN1CCOc2ccc(CO[C@H]3CN(C(=O)OCc4ccccc4)C[C@@H](CN=[N+]=[N-])[C@@H]3c3ccc(COC[C@@H](C)COC)cc3)cc21. The smallest absolute Gasteiger partial charge is 0.410 e. The summed E-state index contributed by atoms with van der Waals surface area (Å²) in [6, 6.07) is 24.1. The minimum absolute atomic E-state index is 0.142. The van der Waals surface area contributed by atoms with Crippen molar-refractivity contribution in [2.45, 2.75) is 45.2 Å². The molecule has 0 radical (unpaired) electrons. The Bertz CT molecular complexity index is 1550. The van der Waals surface area contributed by atoms with Gasteiger partial charge in [-0.3, -0.25) is 0 Å². The average Bonchev–Trinajstić information content (AvgIpc) is 3.16. The zero-order valence-corrected chi connectivity index (χ0v) is 30.0. The lowest BCUT2D eigenvalue weighted by Gasteiger charge is -2.43. The highest BCUT2D eigenvalue weighted by molar-refractivity contribution is 5.68. The lowest BCUT2D eigenvalue weighted by molar-refractivity contribution is -0.0422. The van der Waals surface area contributed by atoms with E-state index in [0.29, 0.717) is 58.6 Å². The first kappa shape index (κ1) is 37.9. The van der Waals surface area contributed by atoms with Gasteiger partial charge in [-0.15, -0.1) is 0 Å². The third kappa shape index (κ3) is 11.1. The number of methoxy groups -OCH3 is 2. The lowest BCUT2D eigenvalue weighted by Crippen LogP contribution is -2.52. The molecule has 12 nitrogen and oxygen atoms in total. The van der Waals surface area contributed by atoms with Gasteiger partial charge in [0.05, 0.1) is 51.3 Å². The summed E-state index contributed by atoms with van der Waals surface area (Å²) >= 11 is 0. The maximum atomic E-state index is 13.5. The molecule has 1 saturated heterocycles. The number of piperidine rings is 1. The van der Waals surface area contributed by atoms with Gasteiger partial charge < -0.3 is 38.2 Å². The minimum atomic E-state index is -0.426. The number of hydrogen-bond donors (Lipinski definition) is 0. The van der Waals surface area contributed by atoms with E-state index in [1.165, 1.54) is 0 Å². The molecule has 0 aliphatic carbocycles. The van der Waals surface area contributed by atoms with Gasteiger partial charge in [0, 0.05) is 57.2 Å². The predicted octanol–water partition coefficient (Wildman–Crippen LogP) is 6.97. The van der Waals surface area contributed by atoms with Crippen molar-refractivity contribution in [3.8, 4) is 5.75 Å². The molecule has 3 aromatic carbocycles. The highest BCUT2D eigenvalue weighted by atomic mass is 16.6. The second-order valence-electron chi connectivity index (χ2n) is 13.3. The second-order valence-corrected chi connectivity index (χ2v) is 13.3. The molecule has 5 rings (SSSR count). The van der Waals surface area contributed by atoms with E-state index in [9.17, 15) is 10.3 Å². The fourth-order valence-corrected chi connectivity index (χ4v) is 6.81. The van der Waals surface area contributed by atoms with Gasteiger partial charge in [-0.2, -0.15) is 0 Å². The highest BCUT2D eigenvalue weighted by Gasteiger charge is 2.40. The Kier molecular flexibility index (Phi) is 14.8. The molecule has 1 fully saturated rings. The minimum Gasteiger partial charge on any atom is -0.490 e. The molecule has 274 valence electrons. The van der Waals surface area contributed by atoms with Crippen LogP contribution in [0.1, 0.15) is 41.5 Å². The van der Waals surface area contributed by atoms with Gasteiger partial charge in [-0.1, -0.05) is 72.7 Å². The summed E-state index contributed by atoms with van der Waals surface area (Å²) < 4.78 is 34.9. The number of ether oxygens (including phenoxy) is 6. The van der Waals surface area contributed by atoms with E-state index in [2.05, 4.69) is 52.2 Å². The number of hydrogen-bond acceptors (Lipinski definition) is 9. The van der Waals surface area contributed by atoms with Gasteiger partial charge in [0.15, 0.2) is 0 Å². The van der Waals surface area contributed by atoms with Crippen LogP contribution in [0, 0.1) is 11.8 Å². The van der Waals surface area contributed by atoms with Crippen molar-refractivity contribution >= 4 is 11.8 Å². The fraction of sp³-hybridized carbons (Fsp3) is 0.513. The molecule has 0 aromatic heterocycles. The molecule has 2 aliphatic rings. The molecule has 3 aromatic rings. The number of nitrogens with zero attached hydrogens (tertiary/aromatic N) is 5. The second kappa shape index (κ2) is 19.9. The first-order chi connectivity index (χ1) is 25.0. The number of rotatable bonds is 18. The van der Waals surface area contributed by atoms with Crippen molar-refractivity contribution in [2.75, 3.05) is 78.3 Å². The molecule has 0 bridgehead atoms. The Balaban J connectivity index is 1.35. The summed E-state index contributed by atoms with van der Waals surface area (Å²) in [6.45, 7) is 8.24. The van der Waals surface area contributed by atoms with E-state index in [-0.39, 0.29) is 25.0 Å². The van der Waals surface area contributed by atoms with Crippen LogP contribution in [-0.2, 0) is 43.5 Å². The van der Waals surface area contributed by atoms with E-state index >= 15 is 0 Å². The number of amides is 1. The number of fused-ring (bicyclic) bond motifs is 1. The van der Waals surface area contributed by atoms with Crippen molar-refractivity contribution in [3.05, 3.63) is 105 Å². The van der Waals surface area contributed by atoms with Gasteiger partial charge in [0.25, 0.3) is 0 Å². The zero-order chi connectivity index (χ0) is 35.8. The van der Waals surface area contributed by atoms with E-state index in [0.717, 1.165) is 53.2 Å². The van der Waals surface area contributed by atoms with E-state index < -0.39 is 12.2 Å². The lowest BCUT2D eigenvalue weighted by atomic mass is 9.78. The number of azide groups is 1. The molecule has 2 aliphatic heterocycles. The topological polar surface area (TPSA) is 128 Å². The maximum Gasteiger partial charge on any atom is 0.410 e. The largest absolute Gasteiger partial charge is 0.490 e. The van der Waals surface area contributed by atoms with Crippen molar-refractivity contribution in [1.82, 2.24) is 4.90 Å². The normalized spacial score (nSPS) is 19.1. The number of anilines is 1. The third-order valence-electron chi connectivity index (χ3n) is 9.32. The van der Waals surface area contributed by atoms with Crippen LogP contribution in [0.5, 0.6) is 5.75 Å². The first-order valence-electron chi connectivity index (χ1n) is 17.7. The molecule has 0 spiro atoms. The summed E-state index contributed by atoms with van der Waals surface area (Å²) in [5.74, 6) is 0.822. The van der Waals surface area contributed by atoms with Gasteiger partial charge in [-0.25, -0.2) is 4.79 Å². The Hall–Kier alpha value is -4.32. The number of carbonyl (C=O) groups is 1. The van der Waals surface area contributed by atoms with Gasteiger partial charge in [0.2, 0.25) is 0 Å². The van der Waals surface area contributed by atoms with Crippen molar-refractivity contribution in [1.29, 1.82) is 0 Å². The average molecular weight is 702 g/mol. The Morgan fingerprint density at radius 1 is 0.961 bits per heavy atom. The molecule has 0 saturated carbocycles. The Morgan fingerprint density at radius 3 is 2.51 bits per heavy atom. The summed E-state index contributed by atoms with van der Waals surface area (Å²) in [5, 5.41) is 3.98. The van der Waals surface area contributed by atoms with Crippen LogP contribution in [0.4, 0.5) is 10.5 Å². The fourth-order valence-electron chi connectivity index (χ4n) is 6.81. The molecule has 4 atom stereocenters. The van der Waals surface area contributed by atoms with E-state index in [4.69, 9.17) is 28.4 Å². The number of carbonyl (C=O) groups excluding carboxylic acids is 1. The molecular formula is C39H51N5O7. The zero-order valence-electron chi connectivity index (χ0n) is 30.0. The van der Waals surface area contributed by atoms with Crippen molar-refractivity contribution in [2.24, 2.45) is 17.0 Å². The molecule has 12 heteroatoms. The molecule has 51 heavy (non-hydrogen) atoms. The molecule has 0 N–H and O–H groups in total. The highest BCUT2D eigenvalue weighted by Crippen LogP contribution is 2.38. The number of benzene rings is 3. The predicted molar refractivity (Wildman–Crippen MR) is 195 cm³/mol. The molecule has 2 heterocycles. The van der Waals surface area contributed by atoms with E-state index in [1.54, 1.807) is 19.1 Å².